The van der Waals surface area contributed by atoms with Crippen LogP contribution in [0.2, 0.25) is 0 Å². The third kappa shape index (κ3) is 2.71. The largest absolute Gasteiger partial charge is 0.360 e. The number of aryl methyl sites for hydroxylation is 1. The minimum absolute atomic E-state index is 0.154. The number of rotatable bonds is 4. The average Bonchev–Trinajstić information content (AvgIpc) is 2.99. The van der Waals surface area contributed by atoms with Gasteiger partial charge in [0.05, 0.1) is 11.6 Å². The molecule has 0 spiro atoms. The number of H-pyrrole nitrogens is 1. The summed E-state index contributed by atoms with van der Waals surface area (Å²) in [6, 6.07) is 4.29. The molecule has 1 aliphatic rings. The molecule has 0 bridgehead atoms. The molecule has 1 aromatic carbocycles. The summed E-state index contributed by atoms with van der Waals surface area (Å²) < 4.78 is 13.5. The number of carbonyl (C=O) groups excluding carboxylic acids is 2. The maximum absolute atomic E-state index is 13.5. The number of aromatic amines is 1. The van der Waals surface area contributed by atoms with Crippen LogP contribution in [-0.4, -0.2) is 16.8 Å². The van der Waals surface area contributed by atoms with Crippen LogP contribution >= 0.6 is 0 Å². The molecule has 1 aromatic heterocycles. The number of carbonyl (C=O) groups is 2. The summed E-state index contributed by atoms with van der Waals surface area (Å²) in [5.74, 6) is -1.28. The first-order chi connectivity index (χ1) is 11.4. The highest BCUT2D eigenvalue weighted by molar-refractivity contribution is 6.03. The monoisotopic (exact) mass is 327 g/mol. The van der Waals surface area contributed by atoms with Gasteiger partial charge in [0, 0.05) is 23.5 Å². The van der Waals surface area contributed by atoms with Gasteiger partial charge in [-0.3, -0.25) is 9.59 Å². The normalized spacial score (nSPS) is 15.8. The maximum Gasteiger partial charge on any atom is 0.247 e. The Morgan fingerprint density at radius 1 is 1.42 bits per heavy atom. The zero-order valence-corrected chi connectivity index (χ0v) is 13.5. The second kappa shape index (κ2) is 5.96. The lowest BCUT2D eigenvalue weighted by atomic mass is 9.94. The van der Waals surface area contributed by atoms with Gasteiger partial charge >= 0.3 is 0 Å². The van der Waals surface area contributed by atoms with Gasteiger partial charge in [-0.2, -0.15) is 0 Å². The molecule has 3 rings (SSSR count). The van der Waals surface area contributed by atoms with Crippen molar-refractivity contribution in [1.82, 2.24) is 4.98 Å². The van der Waals surface area contributed by atoms with Crippen molar-refractivity contribution in [1.29, 1.82) is 0 Å². The fourth-order valence-corrected chi connectivity index (χ4v) is 3.08. The first-order valence-corrected chi connectivity index (χ1v) is 7.62. The summed E-state index contributed by atoms with van der Waals surface area (Å²) in [6.07, 6.45) is 1.61. The molecular weight excluding hydrogens is 309 g/mol. The molecule has 1 unspecified atom stereocenters. The molecule has 0 saturated heterocycles. The molecule has 2 heterocycles. The second-order valence-corrected chi connectivity index (χ2v) is 5.90. The lowest BCUT2D eigenvalue weighted by molar-refractivity contribution is -0.117. The van der Waals surface area contributed by atoms with Gasteiger partial charge in [-0.25, -0.2) is 4.39 Å². The number of aromatic nitrogens is 1. The lowest BCUT2D eigenvalue weighted by Gasteiger charge is -2.09. The standard InChI is InChI=1S/C18H18FN3O2/c1-4-16(23)22-17-9(2)15(20-10(17)3)8-13-12-7-11(19)5-6-14(12)21-18(13)24/h4-7,13,20H,1,8H2,2-3H3,(H,21,24)(H,22,23). The smallest absolute Gasteiger partial charge is 0.247 e. The van der Waals surface area contributed by atoms with Gasteiger partial charge in [-0.15, -0.1) is 0 Å². The summed E-state index contributed by atoms with van der Waals surface area (Å²) in [6.45, 7) is 7.16. The van der Waals surface area contributed by atoms with E-state index < -0.39 is 5.92 Å². The van der Waals surface area contributed by atoms with Crippen molar-refractivity contribution in [2.75, 3.05) is 10.6 Å². The van der Waals surface area contributed by atoms with E-state index in [0.717, 1.165) is 17.0 Å². The predicted octanol–water partition coefficient (Wildman–Crippen LogP) is 3.17. The number of benzene rings is 1. The third-order valence-electron chi connectivity index (χ3n) is 4.35. The molecule has 1 aliphatic heterocycles. The molecule has 6 heteroatoms. The van der Waals surface area contributed by atoms with Gasteiger partial charge in [-0.1, -0.05) is 6.58 Å². The van der Waals surface area contributed by atoms with E-state index in [9.17, 15) is 14.0 Å². The van der Waals surface area contributed by atoms with Gasteiger partial charge in [0.1, 0.15) is 5.82 Å². The molecule has 5 nitrogen and oxygen atoms in total. The minimum Gasteiger partial charge on any atom is -0.360 e. The second-order valence-electron chi connectivity index (χ2n) is 5.90. The van der Waals surface area contributed by atoms with Crippen LogP contribution < -0.4 is 10.6 Å². The summed E-state index contributed by atoms with van der Waals surface area (Å²) >= 11 is 0. The van der Waals surface area contributed by atoms with E-state index in [-0.39, 0.29) is 17.6 Å². The molecule has 3 N–H and O–H groups in total. The molecule has 2 amide bonds. The van der Waals surface area contributed by atoms with E-state index in [1.165, 1.54) is 18.2 Å². The summed E-state index contributed by atoms with van der Waals surface area (Å²) in [4.78, 5) is 27.0. The van der Waals surface area contributed by atoms with Crippen LogP contribution in [0.3, 0.4) is 0 Å². The Morgan fingerprint density at radius 3 is 2.88 bits per heavy atom. The van der Waals surface area contributed by atoms with E-state index >= 15 is 0 Å². The van der Waals surface area contributed by atoms with Crippen LogP contribution in [0.5, 0.6) is 0 Å². The van der Waals surface area contributed by atoms with Crippen molar-refractivity contribution in [2.24, 2.45) is 0 Å². The van der Waals surface area contributed by atoms with E-state index in [1.54, 1.807) is 6.07 Å². The first-order valence-electron chi connectivity index (χ1n) is 7.62. The third-order valence-corrected chi connectivity index (χ3v) is 4.35. The molecule has 1 atom stereocenters. The molecule has 2 aromatic rings. The molecule has 0 saturated carbocycles. The number of hydrogen-bond acceptors (Lipinski definition) is 2. The van der Waals surface area contributed by atoms with Gasteiger partial charge in [0.2, 0.25) is 11.8 Å². The minimum atomic E-state index is -0.463. The maximum atomic E-state index is 13.5. The van der Waals surface area contributed by atoms with Crippen LogP contribution in [0.4, 0.5) is 15.8 Å². The van der Waals surface area contributed by atoms with Crippen LogP contribution in [0.25, 0.3) is 0 Å². The average molecular weight is 327 g/mol. The van der Waals surface area contributed by atoms with Gasteiger partial charge < -0.3 is 15.6 Å². The molecule has 0 aliphatic carbocycles. The zero-order chi connectivity index (χ0) is 17.4. The topological polar surface area (TPSA) is 74.0 Å². The number of hydrogen-bond donors (Lipinski definition) is 3. The molecule has 24 heavy (non-hydrogen) atoms. The van der Waals surface area contributed by atoms with Crippen molar-refractivity contribution < 1.29 is 14.0 Å². The predicted molar refractivity (Wildman–Crippen MR) is 90.6 cm³/mol. The summed E-state index contributed by atoms with van der Waals surface area (Å²) in [5, 5.41) is 5.54. The van der Waals surface area contributed by atoms with Crippen molar-refractivity contribution >= 4 is 23.2 Å². The lowest BCUT2D eigenvalue weighted by Crippen LogP contribution is -2.15. The molecule has 124 valence electrons. The van der Waals surface area contributed by atoms with Gasteiger partial charge in [0.25, 0.3) is 0 Å². The number of anilines is 2. The Morgan fingerprint density at radius 2 is 2.17 bits per heavy atom. The van der Waals surface area contributed by atoms with Gasteiger partial charge in [-0.05, 0) is 49.2 Å². The first kappa shape index (κ1) is 16.0. The SMILES string of the molecule is C=CC(=O)Nc1c(C)[nH]c(CC2C(=O)Nc3ccc(F)cc32)c1C. The van der Waals surface area contributed by atoms with E-state index in [2.05, 4.69) is 22.2 Å². The Bertz CT molecular complexity index is 854. The fourth-order valence-electron chi connectivity index (χ4n) is 3.08. The zero-order valence-electron chi connectivity index (χ0n) is 13.5. The molecule has 0 radical (unpaired) electrons. The summed E-state index contributed by atoms with van der Waals surface area (Å²) in [5.41, 5.74) is 4.49. The molecular formula is C18H18FN3O2. The molecule has 0 fully saturated rings. The number of fused-ring (bicyclic) bond motifs is 1. The van der Waals surface area contributed by atoms with Crippen LogP contribution in [-0.2, 0) is 16.0 Å². The van der Waals surface area contributed by atoms with Crippen LogP contribution in [0.15, 0.2) is 30.9 Å². The van der Waals surface area contributed by atoms with E-state index in [4.69, 9.17) is 0 Å². The van der Waals surface area contributed by atoms with Crippen molar-refractivity contribution in [3.63, 3.8) is 0 Å². The van der Waals surface area contributed by atoms with Crippen molar-refractivity contribution in [3.05, 3.63) is 59.2 Å². The Balaban J connectivity index is 1.91. The Kier molecular flexibility index (Phi) is 3.97. The van der Waals surface area contributed by atoms with Crippen LogP contribution in [0.1, 0.15) is 28.4 Å². The fraction of sp³-hybridized carbons (Fsp3) is 0.222. The number of nitrogens with one attached hydrogen (secondary N) is 3. The quantitative estimate of drug-likeness (QED) is 0.755. The van der Waals surface area contributed by atoms with Crippen molar-refractivity contribution in [3.8, 4) is 0 Å². The summed E-state index contributed by atoms with van der Waals surface area (Å²) in [7, 11) is 0. The number of amides is 2. The number of halogens is 1. The highest BCUT2D eigenvalue weighted by atomic mass is 19.1. The Hall–Kier alpha value is -2.89. The Labute approximate surface area is 139 Å². The highest BCUT2D eigenvalue weighted by Crippen LogP contribution is 2.36. The van der Waals surface area contributed by atoms with E-state index in [0.29, 0.717) is 23.4 Å². The van der Waals surface area contributed by atoms with Gasteiger partial charge in [0.15, 0.2) is 0 Å². The highest BCUT2D eigenvalue weighted by Gasteiger charge is 2.32. The van der Waals surface area contributed by atoms with E-state index in [1.807, 2.05) is 13.8 Å². The van der Waals surface area contributed by atoms with Crippen LogP contribution in [0, 0.1) is 19.7 Å². The van der Waals surface area contributed by atoms with Crippen molar-refractivity contribution in [2.45, 2.75) is 26.2 Å².